The summed E-state index contributed by atoms with van der Waals surface area (Å²) in [5.41, 5.74) is 15.0. The molecular weight excluding hydrogens is 951 g/mol. The molecule has 0 unspecified atom stereocenters. The van der Waals surface area contributed by atoms with Gasteiger partial charge in [-0.2, -0.15) is 0 Å². The minimum absolute atomic E-state index is 0. The summed E-state index contributed by atoms with van der Waals surface area (Å²) in [6.45, 7) is 13.8. The zero-order chi connectivity index (χ0) is 42.1. The van der Waals surface area contributed by atoms with Gasteiger partial charge in [0.05, 0.1) is 30.5 Å². The van der Waals surface area contributed by atoms with Crippen LogP contribution in [0.15, 0.2) is 174 Å². The van der Waals surface area contributed by atoms with Gasteiger partial charge in [-0.05, 0) is 70.2 Å². The summed E-state index contributed by atoms with van der Waals surface area (Å²) in [4.78, 5) is 9.88. The van der Waals surface area contributed by atoms with Gasteiger partial charge in [-0.25, -0.2) is 0 Å². The average molecular weight is 1000 g/mol. The van der Waals surface area contributed by atoms with E-state index in [1.54, 1.807) is 0 Å². The predicted molar refractivity (Wildman–Crippen MR) is 258 cm³/mol. The molecule has 0 fully saturated rings. The second-order valence-corrected chi connectivity index (χ2v) is 22.3. The van der Waals surface area contributed by atoms with Crippen LogP contribution in [0.4, 0.5) is 0 Å². The van der Waals surface area contributed by atoms with Gasteiger partial charge in [0.15, 0.2) is 0 Å². The Morgan fingerprint density at radius 1 is 0.694 bits per heavy atom. The molecule has 0 bridgehead atoms. The number of benzene rings is 7. The van der Waals surface area contributed by atoms with E-state index in [0.717, 1.165) is 78.9 Å². The summed E-state index contributed by atoms with van der Waals surface area (Å²) in [5.74, 6) is 1.47. The van der Waals surface area contributed by atoms with Crippen molar-refractivity contribution in [3.05, 3.63) is 193 Å². The quantitative estimate of drug-likeness (QED) is 0.113. The van der Waals surface area contributed by atoms with Crippen molar-refractivity contribution in [2.75, 3.05) is 0 Å². The van der Waals surface area contributed by atoms with Gasteiger partial charge >= 0.3 is 0 Å². The number of rotatable bonds is 8. The van der Waals surface area contributed by atoms with Crippen molar-refractivity contribution in [2.45, 2.75) is 46.8 Å². The third-order valence-electron chi connectivity index (χ3n) is 11.2. The van der Waals surface area contributed by atoms with E-state index in [9.17, 15) is 0 Å². The summed E-state index contributed by atoms with van der Waals surface area (Å²) in [6, 6.07) is 63.6. The SMILES string of the molecule is Cc1c[c-]c(-c2cc(CC(C)C)c([Si](C)(C)C)cn2)cc1.[Ir].[c-]1ccc2c(oc3ccccc32)c1-c1nc2ccccc2n1-c1ccc(-c2ccccc2)cc1-c1ccccc1. The maximum Gasteiger partial charge on any atom is 0.120 e. The first-order valence-corrected chi connectivity index (χ1v) is 24.7. The van der Waals surface area contributed by atoms with E-state index in [2.05, 4.69) is 191 Å². The number of para-hydroxylation sites is 3. The third kappa shape index (κ3) is 8.64. The number of furan rings is 1. The molecule has 0 amide bonds. The molecule has 7 aromatic carbocycles. The molecular formula is C56H49IrN3OSi-2. The fourth-order valence-electron chi connectivity index (χ4n) is 8.27. The first-order chi connectivity index (χ1) is 29.6. The van der Waals surface area contributed by atoms with Gasteiger partial charge in [0, 0.05) is 42.9 Å². The Bertz CT molecular complexity index is 3130. The molecule has 10 aromatic rings. The van der Waals surface area contributed by atoms with Crippen molar-refractivity contribution in [1.29, 1.82) is 0 Å². The molecule has 3 heterocycles. The Kier molecular flexibility index (Phi) is 12.4. The van der Waals surface area contributed by atoms with E-state index in [-0.39, 0.29) is 20.1 Å². The first-order valence-electron chi connectivity index (χ1n) is 21.2. The van der Waals surface area contributed by atoms with E-state index < -0.39 is 8.07 Å². The number of aromatic nitrogens is 3. The summed E-state index contributed by atoms with van der Waals surface area (Å²) < 4.78 is 8.69. The molecule has 6 heteroatoms. The number of hydrogen-bond acceptors (Lipinski definition) is 3. The largest absolute Gasteiger partial charge is 0.501 e. The fraction of sp³-hybridized carbons (Fsp3) is 0.143. The van der Waals surface area contributed by atoms with Crippen molar-refractivity contribution in [1.82, 2.24) is 14.5 Å². The Balaban J connectivity index is 0.000000205. The minimum Gasteiger partial charge on any atom is -0.501 e. The van der Waals surface area contributed by atoms with Gasteiger partial charge in [-0.15, -0.1) is 53.6 Å². The molecule has 0 aliphatic heterocycles. The monoisotopic (exact) mass is 1000 g/mol. The second-order valence-electron chi connectivity index (χ2n) is 17.3. The Morgan fingerprint density at radius 2 is 1.40 bits per heavy atom. The third-order valence-corrected chi connectivity index (χ3v) is 13.3. The summed E-state index contributed by atoms with van der Waals surface area (Å²) in [5, 5.41) is 3.64. The molecule has 0 spiro atoms. The molecule has 3 aromatic heterocycles. The Labute approximate surface area is 379 Å². The Morgan fingerprint density at radius 3 is 2.13 bits per heavy atom. The van der Waals surface area contributed by atoms with Gasteiger partial charge in [0.2, 0.25) is 0 Å². The number of aryl methyl sites for hydroxylation is 1. The van der Waals surface area contributed by atoms with Gasteiger partial charge in [0.1, 0.15) is 5.58 Å². The molecule has 0 aliphatic rings. The van der Waals surface area contributed by atoms with Gasteiger partial charge < -0.3 is 14.0 Å². The number of fused-ring (bicyclic) bond motifs is 4. The van der Waals surface area contributed by atoms with Gasteiger partial charge in [-0.3, -0.25) is 4.98 Å². The number of hydrogen-bond donors (Lipinski definition) is 0. The van der Waals surface area contributed by atoms with E-state index >= 15 is 0 Å². The van der Waals surface area contributed by atoms with Crippen LogP contribution in [0.5, 0.6) is 0 Å². The van der Waals surface area contributed by atoms with E-state index in [0.29, 0.717) is 5.92 Å². The van der Waals surface area contributed by atoms with Crippen molar-refractivity contribution in [2.24, 2.45) is 5.92 Å². The second kappa shape index (κ2) is 18.0. The minimum atomic E-state index is -1.35. The maximum absolute atomic E-state index is 6.43. The average Bonchev–Trinajstić information content (AvgIpc) is 3.86. The van der Waals surface area contributed by atoms with Crippen LogP contribution in [-0.2, 0) is 26.5 Å². The van der Waals surface area contributed by atoms with Crippen LogP contribution in [0.1, 0.15) is 25.0 Å². The number of pyridine rings is 1. The molecule has 0 saturated heterocycles. The van der Waals surface area contributed by atoms with Crippen LogP contribution < -0.4 is 5.19 Å². The molecule has 62 heavy (non-hydrogen) atoms. The molecule has 1 radical (unpaired) electrons. The van der Waals surface area contributed by atoms with E-state index in [1.807, 2.05) is 36.4 Å². The summed E-state index contributed by atoms with van der Waals surface area (Å²) in [6.07, 6.45) is 3.24. The van der Waals surface area contributed by atoms with Crippen LogP contribution in [0.3, 0.4) is 0 Å². The smallest absolute Gasteiger partial charge is 0.120 e. The summed E-state index contributed by atoms with van der Waals surface area (Å²) >= 11 is 0. The van der Waals surface area contributed by atoms with Crippen molar-refractivity contribution < 1.29 is 24.5 Å². The fourth-order valence-corrected chi connectivity index (χ4v) is 9.86. The van der Waals surface area contributed by atoms with Crippen LogP contribution in [-0.4, -0.2) is 22.6 Å². The van der Waals surface area contributed by atoms with Crippen molar-refractivity contribution in [3.8, 4) is 50.6 Å². The first kappa shape index (κ1) is 42.5. The molecule has 4 nitrogen and oxygen atoms in total. The zero-order valence-corrected chi connectivity index (χ0v) is 39.4. The van der Waals surface area contributed by atoms with Gasteiger partial charge in [0.25, 0.3) is 0 Å². The maximum atomic E-state index is 6.43. The van der Waals surface area contributed by atoms with Crippen LogP contribution in [0.25, 0.3) is 83.6 Å². The van der Waals surface area contributed by atoms with Crippen LogP contribution in [0.2, 0.25) is 19.6 Å². The number of nitrogens with zero attached hydrogens (tertiary/aromatic N) is 3. The van der Waals surface area contributed by atoms with Crippen molar-refractivity contribution >= 4 is 46.2 Å². The molecule has 0 atom stereocenters. The molecule has 309 valence electrons. The predicted octanol–water partition coefficient (Wildman–Crippen LogP) is 14.3. The van der Waals surface area contributed by atoms with Crippen LogP contribution in [0, 0.1) is 25.0 Å². The van der Waals surface area contributed by atoms with Crippen LogP contribution >= 0.6 is 0 Å². The topological polar surface area (TPSA) is 43.9 Å². The standard InChI is InChI=1S/C37H23N2O.C19H26NSi.Ir/c1-3-12-25(13-4-1)27-22-23-33(31(24-27)26-14-5-2-6-15-26)39-34-20-9-8-19-32(34)38-37(39)30-18-11-17-29-28-16-7-10-21-35(28)40-36(29)30;1-14(2)11-17-12-18(16-9-7-15(3)8-10-16)20-13-19(17)21(4,5)6;/h1-17,19-24H;7-9,12-14H,11H2,1-6H3;/q2*-1;. The summed E-state index contributed by atoms with van der Waals surface area (Å²) in [7, 11) is -1.35. The molecule has 0 aliphatic carbocycles. The zero-order valence-electron chi connectivity index (χ0n) is 36.0. The van der Waals surface area contributed by atoms with Crippen molar-refractivity contribution in [3.63, 3.8) is 0 Å². The molecule has 0 saturated carbocycles. The van der Waals surface area contributed by atoms with Gasteiger partial charge in [-0.1, -0.05) is 160 Å². The van der Waals surface area contributed by atoms with E-state index in [1.165, 1.54) is 27.4 Å². The Hall–Kier alpha value is -6.17. The van der Waals surface area contributed by atoms with E-state index in [4.69, 9.17) is 14.4 Å². The normalized spacial score (nSPS) is 11.5. The molecule has 10 rings (SSSR count). The molecule has 0 N–H and O–H groups in total. The number of imidazole rings is 1.